The molecule has 3 N–H and O–H groups in total. The summed E-state index contributed by atoms with van der Waals surface area (Å²) in [7, 11) is 0. The lowest BCUT2D eigenvalue weighted by atomic mass is 10.2. The number of aromatic nitrogens is 1. The molecule has 2 rings (SSSR count). The molecule has 0 fully saturated rings. The van der Waals surface area contributed by atoms with Crippen LogP contribution in [0, 0.1) is 6.92 Å². The molecular formula is C14H13N3OS. The highest BCUT2D eigenvalue weighted by atomic mass is 32.1. The zero-order chi connectivity index (χ0) is 13.8. The molecule has 0 aliphatic carbocycles. The Morgan fingerprint density at radius 1 is 1.21 bits per heavy atom. The maximum absolute atomic E-state index is 11.9. The van der Waals surface area contributed by atoms with E-state index in [-0.39, 0.29) is 10.9 Å². The molecule has 0 saturated heterocycles. The van der Waals surface area contributed by atoms with Crippen molar-refractivity contribution in [3.05, 3.63) is 59.4 Å². The summed E-state index contributed by atoms with van der Waals surface area (Å²) in [5.41, 5.74) is 8.30. The van der Waals surface area contributed by atoms with E-state index in [9.17, 15) is 4.79 Å². The Labute approximate surface area is 116 Å². The maximum atomic E-state index is 11.9. The number of nitrogens with one attached hydrogen (secondary N) is 1. The number of carbonyl (C=O) groups is 1. The molecule has 0 aliphatic heterocycles. The number of anilines is 1. The van der Waals surface area contributed by atoms with E-state index in [1.165, 1.54) is 6.20 Å². The molecule has 4 nitrogen and oxygen atoms in total. The van der Waals surface area contributed by atoms with Crippen molar-refractivity contribution in [3.63, 3.8) is 0 Å². The summed E-state index contributed by atoms with van der Waals surface area (Å²) in [6.07, 6.45) is 1.49. The van der Waals surface area contributed by atoms with Gasteiger partial charge in [-0.15, -0.1) is 0 Å². The van der Waals surface area contributed by atoms with Crippen molar-refractivity contribution in [1.29, 1.82) is 0 Å². The third-order valence-corrected chi connectivity index (χ3v) is 2.83. The second kappa shape index (κ2) is 5.58. The summed E-state index contributed by atoms with van der Waals surface area (Å²) in [5, 5.41) is 2.77. The van der Waals surface area contributed by atoms with Crippen LogP contribution < -0.4 is 11.1 Å². The summed E-state index contributed by atoms with van der Waals surface area (Å²) in [4.78, 5) is 16.2. The summed E-state index contributed by atoms with van der Waals surface area (Å²) in [6, 6.07) is 10.8. The SMILES string of the molecule is Cc1ccc(NC(=O)c2ccc(C(N)=S)cn2)cc1. The Morgan fingerprint density at radius 2 is 1.89 bits per heavy atom. The minimum absolute atomic E-state index is 0.262. The molecule has 0 aliphatic rings. The van der Waals surface area contributed by atoms with Crippen LogP contribution in [0.15, 0.2) is 42.6 Å². The van der Waals surface area contributed by atoms with Crippen LogP contribution >= 0.6 is 12.2 Å². The largest absolute Gasteiger partial charge is 0.389 e. The molecule has 0 spiro atoms. The number of thiocarbonyl (C=S) groups is 1. The topological polar surface area (TPSA) is 68.0 Å². The molecule has 19 heavy (non-hydrogen) atoms. The van der Waals surface area contributed by atoms with Gasteiger partial charge in [0.1, 0.15) is 10.7 Å². The van der Waals surface area contributed by atoms with E-state index in [1.54, 1.807) is 12.1 Å². The fraction of sp³-hybridized carbons (Fsp3) is 0.0714. The van der Waals surface area contributed by atoms with E-state index in [1.807, 2.05) is 31.2 Å². The van der Waals surface area contributed by atoms with Crippen molar-refractivity contribution in [1.82, 2.24) is 4.98 Å². The van der Waals surface area contributed by atoms with Crippen molar-refractivity contribution in [2.45, 2.75) is 6.92 Å². The first-order valence-electron chi connectivity index (χ1n) is 5.70. The molecule has 0 atom stereocenters. The van der Waals surface area contributed by atoms with Gasteiger partial charge in [-0.1, -0.05) is 29.9 Å². The molecule has 5 heteroatoms. The third-order valence-electron chi connectivity index (χ3n) is 2.59. The number of carbonyl (C=O) groups excluding carboxylic acids is 1. The molecule has 1 amide bonds. The molecule has 0 radical (unpaired) electrons. The van der Waals surface area contributed by atoms with Crippen LogP contribution in [-0.4, -0.2) is 15.9 Å². The van der Waals surface area contributed by atoms with Gasteiger partial charge in [0.15, 0.2) is 0 Å². The number of hydrogen-bond acceptors (Lipinski definition) is 3. The van der Waals surface area contributed by atoms with E-state index in [4.69, 9.17) is 18.0 Å². The van der Waals surface area contributed by atoms with Crippen molar-refractivity contribution >= 4 is 28.8 Å². The van der Waals surface area contributed by atoms with Crippen LogP contribution in [0.2, 0.25) is 0 Å². The van der Waals surface area contributed by atoms with Crippen LogP contribution in [0.4, 0.5) is 5.69 Å². The van der Waals surface area contributed by atoms with Crippen molar-refractivity contribution < 1.29 is 4.79 Å². The van der Waals surface area contributed by atoms with Gasteiger partial charge in [-0.25, -0.2) is 0 Å². The second-order valence-electron chi connectivity index (χ2n) is 4.12. The highest BCUT2D eigenvalue weighted by Crippen LogP contribution is 2.10. The smallest absolute Gasteiger partial charge is 0.274 e. The van der Waals surface area contributed by atoms with Gasteiger partial charge in [-0.2, -0.15) is 0 Å². The molecule has 0 saturated carbocycles. The van der Waals surface area contributed by atoms with Crippen molar-refractivity contribution in [3.8, 4) is 0 Å². The zero-order valence-corrected chi connectivity index (χ0v) is 11.2. The lowest BCUT2D eigenvalue weighted by Gasteiger charge is -2.05. The van der Waals surface area contributed by atoms with E-state index >= 15 is 0 Å². The lowest BCUT2D eigenvalue weighted by molar-refractivity contribution is 0.102. The number of pyridine rings is 1. The van der Waals surface area contributed by atoms with E-state index in [0.717, 1.165) is 11.3 Å². The van der Waals surface area contributed by atoms with E-state index in [2.05, 4.69) is 10.3 Å². The maximum Gasteiger partial charge on any atom is 0.274 e. The van der Waals surface area contributed by atoms with Crippen LogP contribution in [0.3, 0.4) is 0 Å². The number of nitrogens with zero attached hydrogens (tertiary/aromatic N) is 1. The first kappa shape index (κ1) is 13.2. The second-order valence-corrected chi connectivity index (χ2v) is 4.56. The van der Waals surface area contributed by atoms with Crippen molar-refractivity contribution in [2.75, 3.05) is 5.32 Å². The molecule has 1 aromatic carbocycles. The first-order chi connectivity index (χ1) is 9.06. The number of amides is 1. The predicted molar refractivity (Wildman–Crippen MR) is 79.3 cm³/mol. The summed E-state index contributed by atoms with van der Waals surface area (Å²) in [6.45, 7) is 1.99. The molecule has 0 bridgehead atoms. The average molecular weight is 271 g/mol. The van der Waals surface area contributed by atoms with Crippen LogP contribution in [-0.2, 0) is 0 Å². The fourth-order valence-electron chi connectivity index (χ4n) is 1.51. The summed E-state index contributed by atoms with van der Waals surface area (Å²) in [5.74, 6) is -0.265. The van der Waals surface area contributed by atoms with Crippen LogP contribution in [0.5, 0.6) is 0 Å². The first-order valence-corrected chi connectivity index (χ1v) is 6.11. The quantitative estimate of drug-likeness (QED) is 0.840. The van der Waals surface area contributed by atoms with Gasteiger partial charge in [0.2, 0.25) is 0 Å². The number of benzene rings is 1. The lowest BCUT2D eigenvalue weighted by Crippen LogP contribution is -2.15. The highest BCUT2D eigenvalue weighted by molar-refractivity contribution is 7.80. The van der Waals surface area contributed by atoms with Gasteiger partial charge in [0.05, 0.1) is 0 Å². The normalized spacial score (nSPS) is 9.95. The van der Waals surface area contributed by atoms with Gasteiger partial charge >= 0.3 is 0 Å². The van der Waals surface area contributed by atoms with Gasteiger partial charge in [-0.3, -0.25) is 9.78 Å². The summed E-state index contributed by atoms with van der Waals surface area (Å²) >= 11 is 4.83. The minimum Gasteiger partial charge on any atom is -0.389 e. The van der Waals surface area contributed by atoms with Crippen LogP contribution in [0.25, 0.3) is 0 Å². The van der Waals surface area contributed by atoms with E-state index in [0.29, 0.717) is 11.3 Å². The monoisotopic (exact) mass is 271 g/mol. The number of aryl methyl sites for hydroxylation is 1. The Kier molecular flexibility index (Phi) is 3.87. The van der Waals surface area contributed by atoms with Crippen LogP contribution in [0.1, 0.15) is 21.6 Å². The molecule has 1 aromatic heterocycles. The molecular weight excluding hydrogens is 258 g/mol. The van der Waals surface area contributed by atoms with Gasteiger partial charge in [0, 0.05) is 17.4 Å². The molecule has 96 valence electrons. The molecule has 1 heterocycles. The Hall–Kier alpha value is -2.27. The fourth-order valence-corrected chi connectivity index (χ4v) is 1.63. The standard InChI is InChI=1S/C14H13N3OS/c1-9-2-5-11(6-3-9)17-14(18)12-7-4-10(8-16-12)13(15)19/h2-8H,1H3,(H2,15,19)(H,17,18). The highest BCUT2D eigenvalue weighted by Gasteiger charge is 2.08. The Balaban J connectivity index is 2.11. The van der Waals surface area contributed by atoms with Crippen molar-refractivity contribution in [2.24, 2.45) is 5.73 Å². The zero-order valence-electron chi connectivity index (χ0n) is 10.4. The number of nitrogens with two attached hydrogens (primary N) is 1. The van der Waals surface area contributed by atoms with Gasteiger partial charge < -0.3 is 11.1 Å². The Bertz CT molecular complexity index is 606. The molecule has 2 aromatic rings. The molecule has 0 unspecified atom stereocenters. The number of hydrogen-bond donors (Lipinski definition) is 2. The number of rotatable bonds is 3. The summed E-state index contributed by atoms with van der Waals surface area (Å²) < 4.78 is 0. The minimum atomic E-state index is -0.265. The van der Waals surface area contributed by atoms with Gasteiger partial charge in [-0.05, 0) is 31.2 Å². The van der Waals surface area contributed by atoms with Gasteiger partial charge in [0.25, 0.3) is 5.91 Å². The third kappa shape index (κ3) is 3.35. The Morgan fingerprint density at radius 3 is 2.42 bits per heavy atom. The van der Waals surface area contributed by atoms with E-state index < -0.39 is 0 Å². The average Bonchev–Trinajstić information content (AvgIpc) is 2.41. The predicted octanol–water partition coefficient (Wildman–Crippen LogP) is 2.28.